The Morgan fingerprint density at radius 1 is 0.852 bits per heavy atom. The number of ketones is 1. The summed E-state index contributed by atoms with van der Waals surface area (Å²) < 4.78 is 0. The van der Waals surface area contributed by atoms with Crippen molar-refractivity contribution in [3.05, 3.63) is 58.7 Å². The number of anilines is 4. The second-order valence-corrected chi connectivity index (χ2v) is 17.7. The molecule has 9 heteroatoms. The number of aromatic nitrogens is 2. The Kier molecular flexibility index (Phi) is 9.50. The molecule has 0 unspecified atom stereocenters. The van der Waals surface area contributed by atoms with Gasteiger partial charge in [-0.3, -0.25) is 9.69 Å². The SMILES string of the molecule is CN(C)c1ccc([C@H]2C[C@@]3(C)[C@@H](CC[C@@]3(O)C#CCN3CCN(c4cc(N5CCCC5)nc(N5CCCC5)n4)CC3)[C@@H]3CCC4=CC(=O)CCC4=C32)cc1. The van der Waals surface area contributed by atoms with Crippen molar-refractivity contribution in [2.45, 2.75) is 89.1 Å². The number of benzene rings is 1. The van der Waals surface area contributed by atoms with Crippen LogP contribution >= 0.6 is 0 Å². The Hall–Kier alpha value is -3.87. The fraction of sp³-hybridized carbons (Fsp3) is 0.622. The first kappa shape index (κ1) is 35.8. The van der Waals surface area contributed by atoms with Crippen LogP contribution < -0.4 is 19.6 Å². The predicted molar refractivity (Wildman–Crippen MR) is 217 cm³/mol. The molecule has 4 heterocycles. The molecule has 3 saturated heterocycles. The van der Waals surface area contributed by atoms with Crippen LogP contribution in [0.1, 0.15) is 89.0 Å². The van der Waals surface area contributed by atoms with Crippen molar-refractivity contribution < 1.29 is 9.90 Å². The third-order valence-electron chi connectivity index (χ3n) is 14.5. The van der Waals surface area contributed by atoms with E-state index in [1.165, 1.54) is 48.1 Å². The van der Waals surface area contributed by atoms with Gasteiger partial charge >= 0.3 is 0 Å². The minimum absolute atomic E-state index is 0.220. The molecular weight excluding hydrogens is 671 g/mol. The number of hydrogen-bond donors (Lipinski definition) is 1. The molecule has 0 spiro atoms. The van der Waals surface area contributed by atoms with Crippen LogP contribution in [0.15, 0.2) is 53.1 Å². The maximum absolute atomic E-state index is 12.6. The minimum Gasteiger partial charge on any atom is -0.378 e. The van der Waals surface area contributed by atoms with Gasteiger partial charge in [0.05, 0.1) is 6.54 Å². The third kappa shape index (κ3) is 6.41. The lowest BCUT2D eigenvalue weighted by molar-refractivity contribution is -0.114. The zero-order chi connectivity index (χ0) is 37.0. The molecule has 7 aliphatic rings. The highest BCUT2D eigenvalue weighted by atomic mass is 16.3. The van der Waals surface area contributed by atoms with Crippen LogP contribution in [0, 0.1) is 29.1 Å². The van der Waals surface area contributed by atoms with Gasteiger partial charge in [-0.2, -0.15) is 9.97 Å². The Bertz CT molecular complexity index is 1840. The standard InChI is InChI=1S/C45H59N7O2/c1-44-31-38(32-9-12-34(13-10-32)48(2)3)42-36-16-14-35(53)29-33(36)11-15-37(42)39(44)17-19-45(44,54)18-8-20-49-25-27-51(28-26-49)41-30-40(50-21-4-5-22-50)46-43(47-41)52-23-6-7-24-52/h9-10,12-13,29-30,37-39,54H,4-7,11,14-17,19-28,31H2,1-3H3/t37-,38+,39-,44-,45-/m0/s1. The van der Waals surface area contributed by atoms with E-state index in [4.69, 9.17) is 9.97 Å². The van der Waals surface area contributed by atoms with E-state index in [0.29, 0.717) is 24.8 Å². The van der Waals surface area contributed by atoms with E-state index in [9.17, 15) is 9.90 Å². The van der Waals surface area contributed by atoms with Crippen LogP contribution in [0.25, 0.3) is 0 Å². The van der Waals surface area contributed by atoms with Crippen LogP contribution in [0.2, 0.25) is 0 Å². The quantitative estimate of drug-likeness (QED) is 0.350. The second kappa shape index (κ2) is 14.3. The molecule has 2 saturated carbocycles. The summed E-state index contributed by atoms with van der Waals surface area (Å²) >= 11 is 0. The van der Waals surface area contributed by atoms with Crippen LogP contribution in [-0.4, -0.2) is 104 Å². The summed E-state index contributed by atoms with van der Waals surface area (Å²) in [7, 11) is 4.18. The molecule has 2 aromatic rings. The molecule has 0 bridgehead atoms. The molecule has 1 aromatic carbocycles. The number of aliphatic hydroxyl groups is 1. The van der Waals surface area contributed by atoms with Crippen molar-refractivity contribution >= 4 is 29.1 Å². The number of allylic oxidation sites excluding steroid dienone is 4. The number of piperazine rings is 1. The summed E-state index contributed by atoms with van der Waals surface area (Å²) in [5.74, 6) is 11.5. The van der Waals surface area contributed by atoms with Crippen molar-refractivity contribution in [2.24, 2.45) is 17.3 Å². The fourth-order valence-corrected chi connectivity index (χ4v) is 11.3. The number of rotatable bonds is 6. The van der Waals surface area contributed by atoms with Crippen LogP contribution in [-0.2, 0) is 4.79 Å². The average Bonchev–Trinajstić information content (AvgIpc) is 3.97. The highest BCUT2D eigenvalue weighted by Gasteiger charge is 2.62. The highest BCUT2D eigenvalue weighted by Crippen LogP contribution is 2.66. The molecule has 0 amide bonds. The van der Waals surface area contributed by atoms with Gasteiger partial charge < -0.3 is 24.7 Å². The number of carbonyl (C=O) groups is 1. The van der Waals surface area contributed by atoms with E-state index in [0.717, 1.165) is 108 Å². The number of hydrogen-bond acceptors (Lipinski definition) is 9. The maximum atomic E-state index is 12.6. The molecule has 5 atom stereocenters. The molecule has 1 N–H and O–H groups in total. The van der Waals surface area contributed by atoms with Gasteiger partial charge in [0, 0.05) is 96.0 Å². The Morgan fingerprint density at radius 2 is 1.52 bits per heavy atom. The van der Waals surface area contributed by atoms with Crippen LogP contribution in [0.4, 0.5) is 23.3 Å². The minimum atomic E-state index is -1.02. The van der Waals surface area contributed by atoms with Crippen molar-refractivity contribution in [1.29, 1.82) is 0 Å². The summed E-state index contributed by atoms with van der Waals surface area (Å²) in [6.45, 7) is 11.0. The highest BCUT2D eigenvalue weighted by molar-refractivity contribution is 5.93. The van der Waals surface area contributed by atoms with E-state index < -0.39 is 5.60 Å². The molecule has 9 rings (SSSR count). The zero-order valence-electron chi connectivity index (χ0n) is 32.8. The Balaban J connectivity index is 0.925. The first-order valence-electron chi connectivity index (χ1n) is 21.0. The second-order valence-electron chi connectivity index (χ2n) is 17.7. The van der Waals surface area contributed by atoms with Gasteiger partial charge in [-0.1, -0.05) is 36.5 Å². The van der Waals surface area contributed by atoms with Gasteiger partial charge in [-0.25, -0.2) is 0 Å². The van der Waals surface area contributed by atoms with Gasteiger partial charge in [-0.05, 0) is 111 Å². The van der Waals surface area contributed by atoms with Gasteiger partial charge in [-0.15, -0.1) is 0 Å². The van der Waals surface area contributed by atoms with Crippen molar-refractivity contribution in [1.82, 2.24) is 14.9 Å². The van der Waals surface area contributed by atoms with E-state index in [-0.39, 0.29) is 17.1 Å². The molecule has 0 radical (unpaired) electrons. The number of carbonyl (C=O) groups excluding carboxylic acids is 1. The van der Waals surface area contributed by atoms with Crippen molar-refractivity contribution in [3.63, 3.8) is 0 Å². The van der Waals surface area contributed by atoms with Crippen molar-refractivity contribution in [3.8, 4) is 11.8 Å². The average molecular weight is 730 g/mol. The van der Waals surface area contributed by atoms with E-state index >= 15 is 0 Å². The van der Waals surface area contributed by atoms with E-state index in [1.807, 2.05) is 6.08 Å². The molecule has 5 fully saturated rings. The maximum Gasteiger partial charge on any atom is 0.229 e. The Morgan fingerprint density at radius 3 is 2.20 bits per heavy atom. The first-order valence-corrected chi connectivity index (χ1v) is 21.0. The predicted octanol–water partition coefficient (Wildman–Crippen LogP) is 6.20. The summed E-state index contributed by atoms with van der Waals surface area (Å²) in [6.07, 6.45) is 13.0. The summed E-state index contributed by atoms with van der Waals surface area (Å²) in [5, 5.41) is 12.6. The van der Waals surface area contributed by atoms with E-state index in [2.05, 4.69) is 87.7 Å². The van der Waals surface area contributed by atoms with Crippen LogP contribution in [0.3, 0.4) is 0 Å². The monoisotopic (exact) mass is 729 g/mol. The van der Waals surface area contributed by atoms with Gasteiger partial charge in [0.15, 0.2) is 5.78 Å². The zero-order valence-corrected chi connectivity index (χ0v) is 32.8. The molecule has 4 aliphatic carbocycles. The fourth-order valence-electron chi connectivity index (χ4n) is 11.3. The largest absolute Gasteiger partial charge is 0.378 e. The molecular formula is C45H59N7O2. The number of fused-ring (bicyclic) bond motifs is 4. The van der Waals surface area contributed by atoms with Crippen LogP contribution in [0.5, 0.6) is 0 Å². The topological polar surface area (TPSA) is 79.3 Å². The number of nitrogens with zero attached hydrogens (tertiary/aromatic N) is 7. The van der Waals surface area contributed by atoms with Gasteiger partial charge in [0.1, 0.15) is 17.2 Å². The molecule has 1 aromatic heterocycles. The normalized spacial score (nSPS) is 31.2. The van der Waals surface area contributed by atoms with E-state index in [1.54, 1.807) is 5.57 Å². The lowest BCUT2D eigenvalue weighted by Crippen LogP contribution is -2.51. The summed E-state index contributed by atoms with van der Waals surface area (Å²) in [4.78, 5) is 34.5. The van der Waals surface area contributed by atoms with Crippen molar-refractivity contribution in [2.75, 3.05) is 92.6 Å². The Labute approximate surface area is 322 Å². The lowest BCUT2D eigenvalue weighted by Gasteiger charge is -2.53. The molecule has 54 heavy (non-hydrogen) atoms. The van der Waals surface area contributed by atoms with Gasteiger partial charge in [0.2, 0.25) is 5.95 Å². The summed E-state index contributed by atoms with van der Waals surface area (Å²) in [6, 6.07) is 11.3. The third-order valence-corrected chi connectivity index (χ3v) is 14.5. The molecule has 3 aliphatic heterocycles. The smallest absolute Gasteiger partial charge is 0.229 e. The lowest BCUT2D eigenvalue weighted by atomic mass is 9.51. The molecule has 286 valence electrons. The first-order chi connectivity index (χ1) is 26.2. The molecule has 9 nitrogen and oxygen atoms in total. The summed E-state index contributed by atoms with van der Waals surface area (Å²) in [5.41, 5.74) is 5.50. The van der Waals surface area contributed by atoms with Gasteiger partial charge in [0.25, 0.3) is 0 Å².